The summed E-state index contributed by atoms with van der Waals surface area (Å²) in [6.45, 7) is 1.53. The van der Waals surface area contributed by atoms with E-state index in [0.29, 0.717) is 72.1 Å². The zero-order chi connectivity index (χ0) is 34.5. The lowest BCUT2D eigenvalue weighted by Gasteiger charge is -2.34. The van der Waals surface area contributed by atoms with Crippen molar-refractivity contribution in [3.05, 3.63) is 112 Å². The SMILES string of the molecule is Cn1c(C(=O)N2CCN(Cc3ccc(OC(CF)CF)cc3)CC2)cc2ccc(Oc3ccc(NC(=O)c4ccc(Cl)c(Cl)c4)cn3)cc21. The highest BCUT2D eigenvalue weighted by Gasteiger charge is 2.25. The third kappa shape index (κ3) is 8.13. The van der Waals surface area contributed by atoms with Gasteiger partial charge in [0.05, 0.1) is 27.4 Å². The summed E-state index contributed by atoms with van der Waals surface area (Å²) in [6.07, 6.45) is 0.412. The van der Waals surface area contributed by atoms with Gasteiger partial charge in [-0.2, -0.15) is 0 Å². The van der Waals surface area contributed by atoms with Crippen LogP contribution in [0.15, 0.2) is 85.1 Å². The third-order valence-electron chi connectivity index (χ3n) is 8.27. The van der Waals surface area contributed by atoms with E-state index in [4.69, 9.17) is 32.7 Å². The number of nitrogens with one attached hydrogen (secondary N) is 1. The number of ether oxygens (including phenoxy) is 2. The van der Waals surface area contributed by atoms with Gasteiger partial charge in [-0.15, -0.1) is 0 Å². The maximum Gasteiger partial charge on any atom is 0.270 e. The Labute approximate surface area is 291 Å². The maximum absolute atomic E-state index is 13.6. The molecule has 9 nitrogen and oxygen atoms in total. The molecule has 0 spiro atoms. The fourth-order valence-electron chi connectivity index (χ4n) is 5.55. The fourth-order valence-corrected chi connectivity index (χ4v) is 5.85. The Kier molecular flexibility index (Phi) is 10.6. The van der Waals surface area contributed by atoms with Gasteiger partial charge in [0.1, 0.15) is 30.5 Å². The number of pyridine rings is 1. The van der Waals surface area contributed by atoms with Gasteiger partial charge in [-0.25, -0.2) is 13.8 Å². The van der Waals surface area contributed by atoms with E-state index in [1.807, 2.05) is 52.9 Å². The molecule has 6 rings (SSSR count). The number of carbonyl (C=O) groups excluding carboxylic acids is 2. The number of piperazine rings is 1. The van der Waals surface area contributed by atoms with Crippen LogP contribution < -0.4 is 14.8 Å². The topological polar surface area (TPSA) is 88.9 Å². The van der Waals surface area contributed by atoms with E-state index in [1.54, 1.807) is 36.4 Å². The zero-order valence-electron chi connectivity index (χ0n) is 26.5. The summed E-state index contributed by atoms with van der Waals surface area (Å²) in [5, 5.41) is 4.33. The van der Waals surface area contributed by atoms with Crippen LogP contribution in [-0.2, 0) is 13.6 Å². The highest BCUT2D eigenvalue weighted by molar-refractivity contribution is 6.42. The predicted molar refractivity (Wildman–Crippen MR) is 186 cm³/mol. The molecule has 2 amide bonds. The third-order valence-corrected chi connectivity index (χ3v) is 9.01. The molecule has 1 N–H and O–H groups in total. The van der Waals surface area contributed by atoms with Crippen molar-refractivity contribution in [2.75, 3.05) is 44.8 Å². The number of halogens is 4. The van der Waals surface area contributed by atoms with Gasteiger partial charge in [0.2, 0.25) is 5.88 Å². The lowest BCUT2D eigenvalue weighted by Crippen LogP contribution is -2.48. The number of hydrogen-bond donors (Lipinski definition) is 1. The Hall–Kier alpha value is -4.71. The van der Waals surface area contributed by atoms with Crippen molar-refractivity contribution in [3.8, 4) is 17.4 Å². The van der Waals surface area contributed by atoms with Gasteiger partial charge in [-0.05, 0) is 60.2 Å². The van der Waals surface area contributed by atoms with Crippen LogP contribution >= 0.6 is 23.2 Å². The number of alkyl halides is 2. The molecule has 0 aliphatic carbocycles. The number of fused-ring (bicyclic) bond motifs is 1. The number of anilines is 1. The number of benzene rings is 3. The molecule has 1 aliphatic heterocycles. The quantitative estimate of drug-likeness (QED) is 0.152. The number of carbonyl (C=O) groups is 2. The van der Waals surface area contributed by atoms with Crippen molar-refractivity contribution < 1.29 is 27.8 Å². The smallest absolute Gasteiger partial charge is 0.270 e. The minimum Gasteiger partial charge on any atom is -0.485 e. The van der Waals surface area contributed by atoms with Gasteiger partial charge in [0.15, 0.2) is 6.10 Å². The second kappa shape index (κ2) is 15.2. The van der Waals surface area contributed by atoms with Crippen LogP contribution in [0.5, 0.6) is 17.4 Å². The molecule has 0 unspecified atom stereocenters. The first-order chi connectivity index (χ1) is 23.7. The van der Waals surface area contributed by atoms with Crippen molar-refractivity contribution in [2.24, 2.45) is 7.05 Å². The minimum atomic E-state index is -1.08. The van der Waals surface area contributed by atoms with Crippen molar-refractivity contribution in [1.29, 1.82) is 0 Å². The Morgan fingerprint density at radius 3 is 2.29 bits per heavy atom. The largest absolute Gasteiger partial charge is 0.485 e. The molecule has 1 fully saturated rings. The average molecular weight is 709 g/mol. The van der Waals surface area contributed by atoms with E-state index >= 15 is 0 Å². The Morgan fingerprint density at radius 2 is 1.61 bits per heavy atom. The number of rotatable bonds is 11. The first-order valence-electron chi connectivity index (χ1n) is 15.6. The van der Waals surface area contributed by atoms with Crippen molar-refractivity contribution in [3.63, 3.8) is 0 Å². The molecule has 5 aromatic rings. The molecule has 1 saturated heterocycles. The molecular weight excluding hydrogens is 675 g/mol. The molecule has 0 radical (unpaired) electrons. The Bertz CT molecular complexity index is 1940. The van der Waals surface area contributed by atoms with E-state index in [2.05, 4.69) is 15.2 Å². The maximum atomic E-state index is 13.6. The second-order valence-corrected chi connectivity index (χ2v) is 12.5. The average Bonchev–Trinajstić information content (AvgIpc) is 3.45. The van der Waals surface area contributed by atoms with E-state index < -0.39 is 19.5 Å². The standard InChI is InChI=1S/C36H33Cl2F2N5O4/c1-43-32-18-28(49-34-11-6-26(21-41-34)42-35(46)25-5-10-30(37)31(38)16-25)9-4-24(32)17-33(43)36(47)45-14-12-44(13-15-45)22-23-2-7-27(8-3-23)48-29(19-39)20-40/h2-11,16-18,21,29H,12-15,19-20,22H2,1H3,(H,42,46). The molecule has 0 bridgehead atoms. The van der Waals surface area contributed by atoms with Gasteiger partial charge in [-0.3, -0.25) is 14.5 Å². The molecule has 1 aliphatic rings. The first-order valence-corrected chi connectivity index (χ1v) is 16.3. The summed E-state index contributed by atoms with van der Waals surface area (Å²) in [6, 6.07) is 22.6. The molecule has 13 heteroatoms. The number of aryl methyl sites for hydroxylation is 1. The summed E-state index contributed by atoms with van der Waals surface area (Å²) in [5.74, 6) is 0.921. The van der Waals surface area contributed by atoms with Crippen LogP contribution in [0.3, 0.4) is 0 Å². The van der Waals surface area contributed by atoms with Crippen LogP contribution in [0.4, 0.5) is 14.5 Å². The molecule has 3 heterocycles. The first kappa shape index (κ1) is 34.2. The Morgan fingerprint density at radius 1 is 0.878 bits per heavy atom. The van der Waals surface area contributed by atoms with Crippen molar-refractivity contribution >= 4 is 51.6 Å². The molecular formula is C36H33Cl2F2N5O4. The summed E-state index contributed by atoms with van der Waals surface area (Å²) in [7, 11) is 1.86. The summed E-state index contributed by atoms with van der Waals surface area (Å²) in [5.41, 5.74) is 3.31. The predicted octanol–water partition coefficient (Wildman–Crippen LogP) is 7.57. The van der Waals surface area contributed by atoms with E-state index in [0.717, 1.165) is 16.5 Å². The summed E-state index contributed by atoms with van der Waals surface area (Å²) < 4.78 is 38.7. The molecule has 49 heavy (non-hydrogen) atoms. The van der Waals surface area contributed by atoms with Crippen LogP contribution in [0.25, 0.3) is 10.9 Å². The lowest BCUT2D eigenvalue weighted by atomic mass is 10.2. The van der Waals surface area contributed by atoms with E-state index in [-0.39, 0.29) is 16.8 Å². The summed E-state index contributed by atoms with van der Waals surface area (Å²) >= 11 is 12.0. The van der Waals surface area contributed by atoms with Crippen LogP contribution in [0, 0.1) is 0 Å². The number of hydrogen-bond acceptors (Lipinski definition) is 6. The van der Waals surface area contributed by atoms with Crippen LogP contribution in [0.1, 0.15) is 26.4 Å². The van der Waals surface area contributed by atoms with E-state index in [9.17, 15) is 18.4 Å². The molecule has 254 valence electrons. The number of aromatic nitrogens is 2. The molecule has 0 atom stereocenters. The van der Waals surface area contributed by atoms with E-state index in [1.165, 1.54) is 12.3 Å². The van der Waals surface area contributed by atoms with Crippen molar-refractivity contribution in [1.82, 2.24) is 19.4 Å². The molecule has 3 aromatic carbocycles. The van der Waals surface area contributed by atoms with Crippen LogP contribution in [0.2, 0.25) is 10.0 Å². The highest BCUT2D eigenvalue weighted by atomic mass is 35.5. The second-order valence-electron chi connectivity index (χ2n) is 11.6. The van der Waals surface area contributed by atoms with Crippen molar-refractivity contribution in [2.45, 2.75) is 12.6 Å². The minimum absolute atomic E-state index is 0.0437. The van der Waals surface area contributed by atoms with Gasteiger partial charge < -0.3 is 24.3 Å². The van der Waals surface area contributed by atoms with Gasteiger partial charge >= 0.3 is 0 Å². The lowest BCUT2D eigenvalue weighted by molar-refractivity contribution is 0.0619. The highest BCUT2D eigenvalue weighted by Crippen LogP contribution is 2.29. The monoisotopic (exact) mass is 707 g/mol. The Balaban J connectivity index is 1.03. The molecule has 2 aromatic heterocycles. The zero-order valence-corrected chi connectivity index (χ0v) is 28.1. The molecule has 0 saturated carbocycles. The van der Waals surface area contributed by atoms with Gasteiger partial charge in [0.25, 0.3) is 11.8 Å². The summed E-state index contributed by atoms with van der Waals surface area (Å²) in [4.78, 5) is 34.6. The van der Waals surface area contributed by atoms with Crippen LogP contribution in [-0.4, -0.2) is 76.8 Å². The number of amides is 2. The fraction of sp³-hybridized carbons (Fsp3) is 0.250. The normalized spacial score (nSPS) is 13.6. The van der Waals surface area contributed by atoms with Gasteiger partial charge in [0, 0.05) is 62.9 Å². The van der Waals surface area contributed by atoms with Gasteiger partial charge in [-0.1, -0.05) is 35.3 Å². The number of nitrogens with zero attached hydrogens (tertiary/aromatic N) is 4.